The lowest BCUT2D eigenvalue weighted by molar-refractivity contribution is -0.144. The number of pyridine rings is 1. The van der Waals surface area contributed by atoms with Crippen LogP contribution in [0.2, 0.25) is 0 Å². The van der Waals surface area contributed by atoms with Crippen LogP contribution >= 0.6 is 0 Å². The second-order valence-corrected chi connectivity index (χ2v) is 13.4. The predicted molar refractivity (Wildman–Crippen MR) is 197 cm³/mol. The highest BCUT2D eigenvalue weighted by molar-refractivity contribution is 5.82. The Labute approximate surface area is 312 Å². The number of likely N-dealkylation sites (tertiary alicyclic amines) is 1. The standard InChI is InChI=1S/C41H48F5N3O5/c1-6-9-12-18-54-35-22-30(42)20-26(4)38(35)29-19-27(5)39(43)31(21-29)33(24-37(51)53-8-3)47-40(52)34(13-7-2)49-25-28(14-17-48-15-10-11-16-48)32(23-36(49)50)41(44,45)46/h6-7,19-23,25,33-34H,1-2,8-18,24H2,3-5H3,(H,47,52)/t33-,34-/m0/s1. The summed E-state index contributed by atoms with van der Waals surface area (Å²) in [5.41, 5.74) is -0.846. The van der Waals surface area contributed by atoms with E-state index in [4.69, 9.17) is 9.47 Å². The Hall–Kier alpha value is -4.78. The zero-order valence-corrected chi connectivity index (χ0v) is 31.0. The van der Waals surface area contributed by atoms with Crippen molar-refractivity contribution >= 4 is 11.9 Å². The van der Waals surface area contributed by atoms with Gasteiger partial charge in [-0.05, 0) is 113 Å². The number of hydrogen-bond donors (Lipinski definition) is 1. The van der Waals surface area contributed by atoms with Crippen LogP contribution in [0.3, 0.4) is 0 Å². The number of rotatable bonds is 18. The van der Waals surface area contributed by atoms with Crippen molar-refractivity contribution in [3.8, 4) is 16.9 Å². The number of halogens is 5. The van der Waals surface area contributed by atoms with Crippen molar-refractivity contribution in [3.05, 3.63) is 112 Å². The molecule has 3 aromatic rings. The number of benzene rings is 2. The third kappa shape index (κ3) is 10.7. The maximum absolute atomic E-state index is 16.2. The first kappa shape index (κ1) is 42.0. The number of nitrogens with zero attached hydrogens (tertiary/aromatic N) is 2. The zero-order chi connectivity index (χ0) is 39.6. The van der Waals surface area contributed by atoms with Crippen LogP contribution in [0.5, 0.6) is 5.75 Å². The highest BCUT2D eigenvalue weighted by Gasteiger charge is 2.36. The summed E-state index contributed by atoms with van der Waals surface area (Å²) in [6, 6.07) is 3.27. The maximum atomic E-state index is 16.2. The predicted octanol–water partition coefficient (Wildman–Crippen LogP) is 8.34. The Balaban J connectivity index is 1.78. The number of unbranched alkanes of at least 4 members (excludes halogenated alkanes) is 1. The molecule has 2 atom stereocenters. The summed E-state index contributed by atoms with van der Waals surface area (Å²) in [6.45, 7) is 14.2. The normalized spacial score (nSPS) is 14.4. The van der Waals surface area contributed by atoms with Crippen molar-refractivity contribution in [2.75, 3.05) is 32.8 Å². The first-order valence-electron chi connectivity index (χ1n) is 18.1. The summed E-state index contributed by atoms with van der Waals surface area (Å²) in [5.74, 6) is -2.67. The Morgan fingerprint density at radius 1 is 1.02 bits per heavy atom. The molecule has 0 unspecified atom stereocenters. The summed E-state index contributed by atoms with van der Waals surface area (Å²) >= 11 is 0. The highest BCUT2D eigenvalue weighted by Crippen LogP contribution is 2.38. The summed E-state index contributed by atoms with van der Waals surface area (Å²) < 4.78 is 85.2. The molecule has 0 radical (unpaired) electrons. The van der Waals surface area contributed by atoms with Crippen molar-refractivity contribution in [3.63, 3.8) is 0 Å². The van der Waals surface area contributed by atoms with Crippen molar-refractivity contribution in [2.24, 2.45) is 0 Å². The van der Waals surface area contributed by atoms with E-state index < -0.39 is 59.3 Å². The molecule has 0 bridgehead atoms. The number of ether oxygens (including phenoxy) is 2. The van der Waals surface area contributed by atoms with E-state index in [0.29, 0.717) is 42.1 Å². The van der Waals surface area contributed by atoms with Gasteiger partial charge < -0.3 is 24.3 Å². The van der Waals surface area contributed by atoms with E-state index in [2.05, 4.69) is 18.5 Å². The van der Waals surface area contributed by atoms with Crippen molar-refractivity contribution in [1.29, 1.82) is 0 Å². The van der Waals surface area contributed by atoms with Gasteiger partial charge in [0.25, 0.3) is 5.56 Å². The first-order valence-corrected chi connectivity index (χ1v) is 18.1. The first-order chi connectivity index (χ1) is 25.7. The van der Waals surface area contributed by atoms with Gasteiger partial charge in [-0.1, -0.05) is 12.2 Å². The van der Waals surface area contributed by atoms with E-state index in [0.717, 1.165) is 36.7 Å². The van der Waals surface area contributed by atoms with Gasteiger partial charge in [0.15, 0.2) is 0 Å². The molecule has 1 aliphatic rings. The molecule has 1 saturated heterocycles. The van der Waals surface area contributed by atoms with Crippen LogP contribution in [-0.4, -0.2) is 54.2 Å². The Morgan fingerprint density at radius 3 is 2.39 bits per heavy atom. The monoisotopic (exact) mass is 757 g/mol. The summed E-state index contributed by atoms with van der Waals surface area (Å²) in [5, 5.41) is 2.69. The van der Waals surface area contributed by atoms with Crippen molar-refractivity contribution in [2.45, 2.75) is 84.0 Å². The zero-order valence-electron chi connectivity index (χ0n) is 31.0. The number of allylic oxidation sites excluding steroid dienone is 2. The molecule has 1 aromatic heterocycles. The molecule has 2 aromatic carbocycles. The smallest absolute Gasteiger partial charge is 0.416 e. The van der Waals surface area contributed by atoms with Crippen molar-refractivity contribution in [1.82, 2.24) is 14.8 Å². The average molecular weight is 758 g/mol. The van der Waals surface area contributed by atoms with E-state index >= 15 is 4.39 Å². The van der Waals surface area contributed by atoms with E-state index in [9.17, 15) is 31.9 Å². The molecule has 0 spiro atoms. The SMILES string of the molecule is C=CCCCOc1cc(F)cc(C)c1-c1cc(C)c(F)c([C@H](CC(=O)OCC)NC(=O)[C@H](CC=C)n2cc(CCN3CCCC3)c(C(F)(F)F)cc2=O)c1. The minimum absolute atomic E-state index is 0.00260. The topological polar surface area (TPSA) is 89.9 Å². The van der Waals surface area contributed by atoms with E-state index in [1.807, 2.05) is 4.90 Å². The lowest BCUT2D eigenvalue weighted by atomic mass is 9.92. The Bertz CT molecular complexity index is 1880. The third-order valence-electron chi connectivity index (χ3n) is 9.41. The Kier molecular flexibility index (Phi) is 14.8. The fraction of sp³-hybridized carbons (Fsp3) is 0.439. The number of alkyl halides is 3. The molecule has 1 fully saturated rings. The van der Waals surface area contributed by atoms with Crippen LogP contribution in [0.25, 0.3) is 11.1 Å². The molecule has 2 heterocycles. The largest absolute Gasteiger partial charge is 0.493 e. The van der Waals surface area contributed by atoms with Crippen molar-refractivity contribution < 1.29 is 41.0 Å². The highest BCUT2D eigenvalue weighted by atomic mass is 19.4. The number of aromatic nitrogens is 1. The third-order valence-corrected chi connectivity index (χ3v) is 9.41. The fourth-order valence-electron chi connectivity index (χ4n) is 6.78. The number of carbonyl (C=O) groups is 2. The van der Waals surface area contributed by atoms with Gasteiger partial charge in [-0.3, -0.25) is 14.4 Å². The van der Waals surface area contributed by atoms with Gasteiger partial charge in [-0.15, -0.1) is 13.2 Å². The Morgan fingerprint density at radius 2 is 1.74 bits per heavy atom. The van der Waals surface area contributed by atoms with Crippen LogP contribution in [0.1, 0.15) is 85.3 Å². The number of aryl methyl sites for hydroxylation is 2. The summed E-state index contributed by atoms with van der Waals surface area (Å²) in [6.07, 6.45) is 1.81. The lowest BCUT2D eigenvalue weighted by Crippen LogP contribution is -2.40. The second-order valence-electron chi connectivity index (χ2n) is 13.4. The molecular formula is C41H48F5N3O5. The molecule has 13 heteroatoms. The minimum atomic E-state index is -4.81. The van der Waals surface area contributed by atoms with E-state index in [-0.39, 0.29) is 48.5 Å². The maximum Gasteiger partial charge on any atom is 0.416 e. The molecule has 0 aliphatic carbocycles. The summed E-state index contributed by atoms with van der Waals surface area (Å²) in [7, 11) is 0. The summed E-state index contributed by atoms with van der Waals surface area (Å²) in [4.78, 5) is 42.4. The second kappa shape index (κ2) is 19.0. The number of carbonyl (C=O) groups excluding carboxylic acids is 2. The van der Waals surface area contributed by atoms with Gasteiger partial charge in [-0.25, -0.2) is 8.78 Å². The quantitative estimate of drug-likeness (QED) is 0.0608. The van der Waals surface area contributed by atoms with Gasteiger partial charge >= 0.3 is 12.1 Å². The van der Waals surface area contributed by atoms with E-state index in [1.54, 1.807) is 26.0 Å². The van der Waals surface area contributed by atoms with Crippen LogP contribution in [0.4, 0.5) is 22.0 Å². The van der Waals surface area contributed by atoms with Gasteiger partial charge in [0.05, 0.1) is 31.2 Å². The minimum Gasteiger partial charge on any atom is -0.493 e. The van der Waals surface area contributed by atoms with Gasteiger partial charge in [0, 0.05) is 36.0 Å². The van der Waals surface area contributed by atoms with Gasteiger partial charge in [-0.2, -0.15) is 13.2 Å². The molecule has 292 valence electrons. The van der Waals surface area contributed by atoms with Crippen LogP contribution in [0.15, 0.2) is 66.6 Å². The van der Waals surface area contributed by atoms with Gasteiger partial charge in [0.1, 0.15) is 23.4 Å². The number of esters is 1. The average Bonchev–Trinajstić information content (AvgIpc) is 3.63. The van der Waals surface area contributed by atoms with Gasteiger partial charge in [0.2, 0.25) is 5.91 Å². The fourth-order valence-corrected chi connectivity index (χ4v) is 6.78. The van der Waals surface area contributed by atoms with Crippen LogP contribution in [-0.2, 0) is 26.9 Å². The van der Waals surface area contributed by atoms with Crippen LogP contribution < -0.4 is 15.6 Å². The lowest BCUT2D eigenvalue weighted by Gasteiger charge is -2.26. The molecule has 54 heavy (non-hydrogen) atoms. The number of hydrogen-bond acceptors (Lipinski definition) is 6. The molecular weight excluding hydrogens is 709 g/mol. The molecule has 1 N–H and O–H groups in total. The van der Waals surface area contributed by atoms with E-state index in [1.165, 1.54) is 31.2 Å². The van der Waals surface area contributed by atoms with Crippen LogP contribution in [0, 0.1) is 25.5 Å². The molecule has 8 nitrogen and oxygen atoms in total. The molecule has 1 amide bonds. The molecule has 0 saturated carbocycles. The molecule has 4 rings (SSSR count). The number of amides is 1. The molecule has 1 aliphatic heterocycles. The number of nitrogens with one attached hydrogen (secondary N) is 1.